The molecule has 0 saturated heterocycles. The second-order valence-corrected chi connectivity index (χ2v) is 5.67. The first-order chi connectivity index (χ1) is 9.16. The van der Waals surface area contributed by atoms with Crippen LogP contribution in [0, 0.1) is 0 Å². The zero-order valence-electron chi connectivity index (χ0n) is 13.0. The number of hydrogen-bond donors (Lipinski definition) is 0. The Morgan fingerprint density at radius 1 is 0.632 bits per heavy atom. The van der Waals surface area contributed by atoms with Crippen LogP contribution >= 0.6 is 0 Å². The summed E-state index contributed by atoms with van der Waals surface area (Å²) in [6, 6.07) is 0. The minimum atomic E-state index is 0.317. The zero-order chi connectivity index (χ0) is 14.3. The van der Waals surface area contributed by atoms with E-state index in [-0.39, 0.29) is 0 Å². The maximum absolute atomic E-state index is 11.3. The second kappa shape index (κ2) is 13.8. The van der Waals surface area contributed by atoms with E-state index in [9.17, 15) is 9.59 Å². The average Bonchev–Trinajstić information content (AvgIpc) is 2.36. The van der Waals surface area contributed by atoms with Gasteiger partial charge in [-0.3, -0.25) is 4.79 Å². The van der Waals surface area contributed by atoms with Crippen LogP contribution in [0.15, 0.2) is 0 Å². The van der Waals surface area contributed by atoms with E-state index in [0.717, 1.165) is 38.5 Å². The van der Waals surface area contributed by atoms with Gasteiger partial charge in [-0.15, -0.1) is 0 Å². The summed E-state index contributed by atoms with van der Waals surface area (Å²) in [4.78, 5) is 22.0. The average molecular weight is 268 g/mol. The minimum absolute atomic E-state index is 0.317. The number of unbranched alkanes of at least 4 members (excludes halogenated alkanes) is 8. The highest BCUT2D eigenvalue weighted by Gasteiger charge is 1.99. The molecule has 0 aliphatic rings. The van der Waals surface area contributed by atoms with Crippen LogP contribution in [0.4, 0.5) is 0 Å². The van der Waals surface area contributed by atoms with Crippen molar-refractivity contribution >= 4 is 11.6 Å². The number of Topliss-reactive ketones (excluding diaryl/α,β-unsaturated/α-hetero) is 2. The molecule has 0 aliphatic carbocycles. The van der Waals surface area contributed by atoms with Gasteiger partial charge in [0.25, 0.3) is 0 Å². The summed E-state index contributed by atoms with van der Waals surface area (Å²) in [6.07, 6.45) is 14.3. The Labute approximate surface area is 119 Å². The molecule has 0 aromatic carbocycles. The fourth-order valence-electron chi connectivity index (χ4n) is 2.34. The van der Waals surface area contributed by atoms with Crippen molar-refractivity contribution in [3.63, 3.8) is 0 Å². The highest BCUT2D eigenvalue weighted by atomic mass is 16.1. The van der Waals surface area contributed by atoms with E-state index in [1.807, 2.05) is 0 Å². The Hall–Kier alpha value is -0.660. The molecule has 19 heavy (non-hydrogen) atoms. The van der Waals surface area contributed by atoms with Gasteiger partial charge in [0.05, 0.1) is 0 Å². The number of hydrogen-bond acceptors (Lipinski definition) is 2. The van der Waals surface area contributed by atoms with E-state index in [1.165, 1.54) is 44.9 Å². The van der Waals surface area contributed by atoms with E-state index in [4.69, 9.17) is 0 Å². The molecule has 0 fully saturated rings. The molecule has 2 heteroatoms. The fourth-order valence-corrected chi connectivity index (χ4v) is 2.34. The maximum Gasteiger partial charge on any atom is 0.132 e. The smallest absolute Gasteiger partial charge is 0.132 e. The molecule has 0 amide bonds. The molecular formula is C17H32O2. The molecule has 0 bridgehead atoms. The highest BCUT2D eigenvalue weighted by molar-refractivity contribution is 5.78. The molecule has 0 atom stereocenters. The van der Waals surface area contributed by atoms with Gasteiger partial charge in [0, 0.05) is 19.3 Å². The number of carbonyl (C=O) groups excluding carboxylic acids is 2. The summed E-state index contributed by atoms with van der Waals surface area (Å²) >= 11 is 0. The van der Waals surface area contributed by atoms with Gasteiger partial charge >= 0.3 is 0 Å². The van der Waals surface area contributed by atoms with Crippen LogP contribution in [0.1, 0.15) is 97.3 Å². The topological polar surface area (TPSA) is 34.1 Å². The normalized spacial score (nSPS) is 10.6. The first kappa shape index (κ1) is 18.3. The van der Waals surface area contributed by atoms with Crippen molar-refractivity contribution in [1.29, 1.82) is 0 Å². The van der Waals surface area contributed by atoms with Gasteiger partial charge in [0.1, 0.15) is 11.6 Å². The highest BCUT2D eigenvalue weighted by Crippen LogP contribution is 2.12. The van der Waals surface area contributed by atoms with E-state index in [1.54, 1.807) is 6.92 Å². The molecule has 0 aliphatic heterocycles. The van der Waals surface area contributed by atoms with Crippen LogP contribution < -0.4 is 0 Å². The van der Waals surface area contributed by atoms with E-state index in [0.29, 0.717) is 11.6 Å². The molecular weight excluding hydrogens is 236 g/mol. The van der Waals surface area contributed by atoms with Gasteiger partial charge in [0.2, 0.25) is 0 Å². The molecule has 0 saturated carbocycles. The van der Waals surface area contributed by atoms with Crippen molar-refractivity contribution in [2.45, 2.75) is 97.3 Å². The quantitative estimate of drug-likeness (QED) is 0.404. The zero-order valence-corrected chi connectivity index (χ0v) is 13.0. The van der Waals surface area contributed by atoms with Gasteiger partial charge in [-0.2, -0.15) is 0 Å². The molecule has 0 rings (SSSR count). The van der Waals surface area contributed by atoms with Crippen LogP contribution in [0.25, 0.3) is 0 Å². The SMILES string of the molecule is CCCC(=O)CCCCCCCCCCCC(C)=O. The lowest BCUT2D eigenvalue weighted by Gasteiger charge is -2.02. The Kier molecular flexibility index (Phi) is 13.3. The van der Waals surface area contributed by atoms with Gasteiger partial charge in [-0.05, 0) is 26.2 Å². The van der Waals surface area contributed by atoms with Gasteiger partial charge in [-0.25, -0.2) is 0 Å². The maximum atomic E-state index is 11.3. The molecule has 112 valence electrons. The summed E-state index contributed by atoms with van der Waals surface area (Å²) in [7, 11) is 0. The summed E-state index contributed by atoms with van der Waals surface area (Å²) < 4.78 is 0. The van der Waals surface area contributed by atoms with Crippen molar-refractivity contribution in [3.05, 3.63) is 0 Å². The number of rotatable bonds is 14. The molecule has 0 N–H and O–H groups in total. The van der Waals surface area contributed by atoms with Gasteiger partial charge < -0.3 is 4.79 Å². The van der Waals surface area contributed by atoms with Crippen molar-refractivity contribution in [2.24, 2.45) is 0 Å². The van der Waals surface area contributed by atoms with Crippen LogP contribution in [-0.4, -0.2) is 11.6 Å². The Bertz CT molecular complexity index is 233. The Morgan fingerprint density at radius 3 is 1.47 bits per heavy atom. The number of ketones is 2. The van der Waals surface area contributed by atoms with Crippen LogP contribution in [-0.2, 0) is 9.59 Å². The van der Waals surface area contributed by atoms with Crippen LogP contribution in [0.3, 0.4) is 0 Å². The standard InChI is InChI=1S/C17H32O2/c1-3-13-17(19)15-12-10-8-6-4-5-7-9-11-14-16(2)18/h3-15H2,1-2H3. The Morgan fingerprint density at radius 2 is 1.05 bits per heavy atom. The van der Waals surface area contributed by atoms with Crippen molar-refractivity contribution in [2.75, 3.05) is 0 Å². The Balaban J connectivity index is 3.06. The molecule has 0 spiro atoms. The van der Waals surface area contributed by atoms with Crippen LogP contribution in [0.5, 0.6) is 0 Å². The lowest BCUT2D eigenvalue weighted by molar-refractivity contribution is -0.119. The first-order valence-corrected chi connectivity index (χ1v) is 8.18. The summed E-state index contributed by atoms with van der Waals surface area (Å²) in [6.45, 7) is 3.74. The molecule has 2 nitrogen and oxygen atoms in total. The van der Waals surface area contributed by atoms with Crippen molar-refractivity contribution in [3.8, 4) is 0 Å². The molecule has 0 aromatic rings. The largest absolute Gasteiger partial charge is 0.300 e. The van der Waals surface area contributed by atoms with E-state index in [2.05, 4.69) is 6.92 Å². The van der Waals surface area contributed by atoms with Gasteiger partial charge in [-0.1, -0.05) is 51.9 Å². The third kappa shape index (κ3) is 15.3. The third-order valence-electron chi connectivity index (χ3n) is 3.51. The van der Waals surface area contributed by atoms with E-state index < -0.39 is 0 Å². The molecule has 0 heterocycles. The van der Waals surface area contributed by atoms with Crippen molar-refractivity contribution < 1.29 is 9.59 Å². The summed E-state index contributed by atoms with van der Waals surface area (Å²) in [5, 5.41) is 0. The second-order valence-electron chi connectivity index (χ2n) is 5.67. The first-order valence-electron chi connectivity index (χ1n) is 8.18. The molecule has 0 unspecified atom stereocenters. The molecule has 0 aromatic heterocycles. The van der Waals surface area contributed by atoms with Gasteiger partial charge in [0.15, 0.2) is 0 Å². The van der Waals surface area contributed by atoms with Crippen molar-refractivity contribution in [1.82, 2.24) is 0 Å². The van der Waals surface area contributed by atoms with E-state index >= 15 is 0 Å². The monoisotopic (exact) mass is 268 g/mol. The fraction of sp³-hybridized carbons (Fsp3) is 0.882. The molecule has 0 radical (unpaired) electrons. The predicted molar refractivity (Wildman–Crippen MR) is 81.4 cm³/mol. The lowest BCUT2D eigenvalue weighted by atomic mass is 10.0. The lowest BCUT2D eigenvalue weighted by Crippen LogP contribution is -1.96. The summed E-state index contributed by atoms with van der Waals surface area (Å²) in [5.41, 5.74) is 0. The third-order valence-corrected chi connectivity index (χ3v) is 3.51. The van der Waals surface area contributed by atoms with Crippen LogP contribution in [0.2, 0.25) is 0 Å². The minimum Gasteiger partial charge on any atom is -0.300 e. The summed E-state index contributed by atoms with van der Waals surface area (Å²) in [5.74, 6) is 0.755. The predicted octanol–water partition coefficient (Wildman–Crippen LogP) is 5.24. The number of carbonyl (C=O) groups is 2.